The average molecular weight is 447 g/mol. The van der Waals surface area contributed by atoms with E-state index < -0.39 is 6.09 Å². The van der Waals surface area contributed by atoms with Crippen molar-refractivity contribution >= 4 is 23.5 Å². The smallest absolute Gasteiger partial charge is 0.411 e. The number of pyridine rings is 1. The number of carbonyl (C=O) groups is 2. The SMILES string of the molecule is CCOC(=O)Nc1cnc(N2CCC[C@]3(CCN([C@H]4CC[C@@H](O)CC4)C3=O)C2)c(OC)c1. The predicted molar refractivity (Wildman–Crippen MR) is 120 cm³/mol. The van der Waals surface area contributed by atoms with Crippen LogP contribution in [0.1, 0.15) is 51.9 Å². The Morgan fingerprint density at radius 2 is 2.06 bits per heavy atom. The summed E-state index contributed by atoms with van der Waals surface area (Å²) in [4.78, 5) is 34.0. The lowest BCUT2D eigenvalue weighted by molar-refractivity contribution is -0.139. The van der Waals surface area contributed by atoms with E-state index in [1.165, 1.54) is 0 Å². The second-order valence-electron chi connectivity index (χ2n) is 9.11. The fourth-order valence-corrected chi connectivity index (χ4v) is 5.44. The summed E-state index contributed by atoms with van der Waals surface area (Å²) in [6.45, 7) is 4.25. The molecular weight excluding hydrogens is 412 g/mol. The maximum atomic E-state index is 13.6. The van der Waals surface area contributed by atoms with Gasteiger partial charge in [-0.15, -0.1) is 0 Å². The Morgan fingerprint density at radius 3 is 2.78 bits per heavy atom. The molecule has 2 amide bonds. The first-order valence-electron chi connectivity index (χ1n) is 11.7. The first-order valence-corrected chi connectivity index (χ1v) is 11.7. The number of carbonyl (C=O) groups excluding carboxylic acids is 2. The number of rotatable bonds is 5. The molecule has 2 N–H and O–H groups in total. The van der Waals surface area contributed by atoms with E-state index >= 15 is 0 Å². The van der Waals surface area contributed by atoms with Crippen LogP contribution in [0.5, 0.6) is 5.75 Å². The van der Waals surface area contributed by atoms with Crippen LogP contribution in [0.3, 0.4) is 0 Å². The second kappa shape index (κ2) is 9.52. The van der Waals surface area contributed by atoms with E-state index in [1.807, 2.05) is 0 Å². The van der Waals surface area contributed by atoms with E-state index in [0.717, 1.165) is 58.0 Å². The first kappa shape index (κ1) is 22.6. The summed E-state index contributed by atoms with van der Waals surface area (Å²) in [5.74, 6) is 1.50. The van der Waals surface area contributed by atoms with Crippen molar-refractivity contribution in [3.63, 3.8) is 0 Å². The Bertz CT molecular complexity index is 842. The molecule has 3 heterocycles. The van der Waals surface area contributed by atoms with Crippen molar-refractivity contribution in [2.75, 3.05) is 43.6 Å². The molecule has 9 heteroatoms. The van der Waals surface area contributed by atoms with Gasteiger partial charge in [0.15, 0.2) is 11.6 Å². The molecule has 1 atom stereocenters. The van der Waals surface area contributed by atoms with Gasteiger partial charge >= 0.3 is 6.09 Å². The van der Waals surface area contributed by atoms with E-state index in [9.17, 15) is 14.7 Å². The third kappa shape index (κ3) is 4.48. The molecule has 3 fully saturated rings. The number of likely N-dealkylation sites (tertiary alicyclic amines) is 1. The fourth-order valence-electron chi connectivity index (χ4n) is 5.44. The van der Waals surface area contributed by atoms with Gasteiger partial charge in [-0.2, -0.15) is 0 Å². The van der Waals surface area contributed by atoms with Gasteiger partial charge in [0.1, 0.15) is 0 Å². The van der Waals surface area contributed by atoms with Crippen LogP contribution in [0, 0.1) is 5.41 Å². The summed E-state index contributed by atoms with van der Waals surface area (Å²) in [5, 5.41) is 12.5. The molecule has 1 saturated carbocycles. The van der Waals surface area contributed by atoms with Gasteiger partial charge < -0.3 is 24.4 Å². The predicted octanol–water partition coefficient (Wildman–Crippen LogP) is 2.78. The van der Waals surface area contributed by atoms with Gasteiger partial charge in [-0.3, -0.25) is 10.1 Å². The van der Waals surface area contributed by atoms with Crippen LogP contribution in [0.2, 0.25) is 0 Å². The number of nitrogens with zero attached hydrogens (tertiary/aromatic N) is 3. The molecule has 0 radical (unpaired) electrons. The number of ether oxygens (including phenoxy) is 2. The lowest BCUT2D eigenvalue weighted by Gasteiger charge is -2.41. The molecule has 1 aliphatic carbocycles. The highest BCUT2D eigenvalue weighted by Crippen LogP contribution is 2.44. The summed E-state index contributed by atoms with van der Waals surface area (Å²) in [5.41, 5.74) is 0.112. The minimum Gasteiger partial charge on any atom is -0.493 e. The van der Waals surface area contributed by atoms with E-state index in [2.05, 4.69) is 20.1 Å². The third-order valence-corrected chi connectivity index (χ3v) is 7.10. The quantitative estimate of drug-likeness (QED) is 0.717. The molecule has 1 aromatic heterocycles. The third-order valence-electron chi connectivity index (χ3n) is 7.10. The standard InChI is InChI=1S/C23H34N4O5/c1-3-32-22(30)25-16-13-19(31-2)20(24-14-16)26-11-4-9-23(15-26)10-12-27(21(23)29)17-5-7-18(28)8-6-17/h13-14,17-18,28H,3-12,15H2,1-2H3,(H,25,30)/t17-,18+,23-/m0/s1. The number of hydrogen-bond donors (Lipinski definition) is 2. The number of aromatic nitrogens is 1. The zero-order valence-corrected chi connectivity index (χ0v) is 19.0. The highest BCUT2D eigenvalue weighted by atomic mass is 16.5. The molecule has 0 aromatic carbocycles. The van der Waals surface area contributed by atoms with Crippen LogP contribution in [0.4, 0.5) is 16.3 Å². The molecule has 1 aromatic rings. The van der Waals surface area contributed by atoms with Gasteiger partial charge in [0.2, 0.25) is 5.91 Å². The Morgan fingerprint density at radius 1 is 1.28 bits per heavy atom. The zero-order valence-electron chi connectivity index (χ0n) is 19.0. The number of aliphatic hydroxyl groups excluding tert-OH is 1. The molecule has 4 rings (SSSR count). The Balaban J connectivity index is 1.48. The summed E-state index contributed by atoms with van der Waals surface area (Å²) in [7, 11) is 1.58. The molecule has 176 valence electrons. The van der Waals surface area contributed by atoms with Crippen LogP contribution in [-0.2, 0) is 9.53 Å². The molecule has 2 saturated heterocycles. The number of hydrogen-bond acceptors (Lipinski definition) is 7. The number of anilines is 2. The van der Waals surface area contributed by atoms with Crippen molar-refractivity contribution < 1.29 is 24.2 Å². The molecule has 32 heavy (non-hydrogen) atoms. The molecule has 0 bridgehead atoms. The zero-order chi connectivity index (χ0) is 22.7. The second-order valence-corrected chi connectivity index (χ2v) is 9.11. The Labute approximate surface area is 189 Å². The van der Waals surface area contributed by atoms with E-state index in [1.54, 1.807) is 26.3 Å². The average Bonchev–Trinajstić information content (AvgIpc) is 3.09. The van der Waals surface area contributed by atoms with Crippen molar-refractivity contribution in [3.8, 4) is 5.75 Å². The van der Waals surface area contributed by atoms with Crippen LogP contribution >= 0.6 is 0 Å². The minimum atomic E-state index is -0.534. The topological polar surface area (TPSA) is 104 Å². The van der Waals surface area contributed by atoms with Crippen LogP contribution in [-0.4, -0.2) is 72.5 Å². The Kier molecular flexibility index (Phi) is 6.74. The highest BCUT2D eigenvalue weighted by molar-refractivity contribution is 5.87. The van der Waals surface area contributed by atoms with Crippen LogP contribution < -0.4 is 15.0 Å². The molecule has 1 spiro atoms. The van der Waals surface area contributed by atoms with Crippen LogP contribution in [0.15, 0.2) is 12.3 Å². The van der Waals surface area contributed by atoms with E-state index in [4.69, 9.17) is 9.47 Å². The molecule has 0 unspecified atom stereocenters. The highest BCUT2D eigenvalue weighted by Gasteiger charge is 2.51. The first-order chi connectivity index (χ1) is 15.5. The van der Waals surface area contributed by atoms with Gasteiger partial charge in [0, 0.05) is 31.7 Å². The number of amides is 2. The number of piperidine rings is 1. The molecule has 3 aliphatic rings. The van der Waals surface area contributed by atoms with Crippen molar-refractivity contribution in [2.24, 2.45) is 5.41 Å². The Hall–Kier alpha value is -2.55. The summed E-state index contributed by atoms with van der Waals surface area (Å²) < 4.78 is 10.5. The number of nitrogens with one attached hydrogen (secondary N) is 1. The number of methoxy groups -OCH3 is 1. The van der Waals surface area contributed by atoms with Gasteiger partial charge in [-0.25, -0.2) is 9.78 Å². The van der Waals surface area contributed by atoms with E-state index in [-0.39, 0.29) is 30.1 Å². The van der Waals surface area contributed by atoms with Gasteiger partial charge in [0.25, 0.3) is 0 Å². The van der Waals surface area contributed by atoms with Gasteiger partial charge in [-0.1, -0.05) is 0 Å². The van der Waals surface area contributed by atoms with Crippen molar-refractivity contribution in [1.82, 2.24) is 9.88 Å². The monoisotopic (exact) mass is 446 g/mol. The molecule has 9 nitrogen and oxygen atoms in total. The van der Waals surface area contributed by atoms with Crippen LogP contribution in [0.25, 0.3) is 0 Å². The summed E-state index contributed by atoms with van der Waals surface area (Å²) >= 11 is 0. The van der Waals surface area contributed by atoms with Gasteiger partial charge in [-0.05, 0) is 51.9 Å². The van der Waals surface area contributed by atoms with Crippen molar-refractivity contribution in [3.05, 3.63) is 12.3 Å². The summed E-state index contributed by atoms with van der Waals surface area (Å²) in [6, 6.07) is 1.98. The lowest BCUT2D eigenvalue weighted by Crippen LogP contribution is -2.50. The maximum absolute atomic E-state index is 13.6. The maximum Gasteiger partial charge on any atom is 0.411 e. The molecular formula is C23H34N4O5. The largest absolute Gasteiger partial charge is 0.493 e. The van der Waals surface area contributed by atoms with Crippen molar-refractivity contribution in [1.29, 1.82) is 0 Å². The fraction of sp³-hybridized carbons (Fsp3) is 0.696. The lowest BCUT2D eigenvalue weighted by atomic mass is 9.78. The normalized spacial score (nSPS) is 28.2. The van der Waals surface area contributed by atoms with Crippen molar-refractivity contribution in [2.45, 2.75) is 64.0 Å². The van der Waals surface area contributed by atoms with Gasteiger partial charge in [0.05, 0.1) is 37.1 Å². The molecule has 2 aliphatic heterocycles. The summed E-state index contributed by atoms with van der Waals surface area (Å²) in [6.07, 6.45) is 6.82. The van der Waals surface area contributed by atoms with E-state index in [0.29, 0.717) is 23.8 Å². The number of aliphatic hydroxyl groups is 1. The minimum absolute atomic E-state index is 0.220.